The average molecular weight is 457 g/mol. The van der Waals surface area contributed by atoms with Gasteiger partial charge in [0.2, 0.25) is 0 Å². The number of hydrogen-bond donors (Lipinski definition) is 2. The minimum Gasteiger partial charge on any atom is -0.484 e. The van der Waals surface area contributed by atoms with Gasteiger partial charge < -0.3 is 15.4 Å². The predicted octanol–water partition coefficient (Wildman–Crippen LogP) is 3.90. The molecule has 0 saturated heterocycles. The quantitative estimate of drug-likeness (QED) is 0.334. The number of ether oxygens (including phenoxy) is 1. The van der Waals surface area contributed by atoms with E-state index in [1.807, 2.05) is 35.9 Å². The molecule has 0 spiro atoms. The van der Waals surface area contributed by atoms with Crippen molar-refractivity contribution in [3.63, 3.8) is 0 Å². The van der Waals surface area contributed by atoms with E-state index in [0.717, 1.165) is 34.1 Å². The molecule has 0 saturated carbocycles. The molecule has 0 bridgehead atoms. The van der Waals surface area contributed by atoms with E-state index in [2.05, 4.69) is 43.4 Å². The highest BCUT2D eigenvalue weighted by Gasteiger charge is 2.15. The van der Waals surface area contributed by atoms with E-state index >= 15 is 0 Å². The highest BCUT2D eigenvalue weighted by atomic mass is 32.2. The Balaban J connectivity index is 1.62. The van der Waals surface area contributed by atoms with Crippen molar-refractivity contribution in [2.24, 2.45) is 5.92 Å². The summed E-state index contributed by atoms with van der Waals surface area (Å²) in [5.41, 5.74) is 1.91. The van der Waals surface area contributed by atoms with E-state index in [1.54, 1.807) is 18.0 Å². The van der Waals surface area contributed by atoms with Crippen LogP contribution in [0.15, 0.2) is 35.6 Å². The number of anilines is 1. The Morgan fingerprint density at radius 3 is 2.59 bits per heavy atom. The van der Waals surface area contributed by atoms with E-state index in [1.165, 1.54) is 0 Å². The fourth-order valence-electron chi connectivity index (χ4n) is 2.93. The first-order valence-electron chi connectivity index (χ1n) is 10.9. The van der Waals surface area contributed by atoms with Crippen LogP contribution in [0.25, 0.3) is 11.0 Å². The van der Waals surface area contributed by atoms with Crippen LogP contribution in [0.2, 0.25) is 0 Å². The fourth-order valence-corrected chi connectivity index (χ4v) is 3.64. The normalized spacial score (nSPS) is 11.3. The number of nitrogens with zero attached hydrogens (tertiary/aromatic N) is 4. The van der Waals surface area contributed by atoms with Gasteiger partial charge in [0.05, 0.1) is 18.1 Å². The van der Waals surface area contributed by atoms with Crippen molar-refractivity contribution in [3.8, 4) is 5.75 Å². The van der Waals surface area contributed by atoms with Gasteiger partial charge in [0, 0.05) is 18.3 Å². The molecular formula is C23H32N6O2S. The number of fused-ring (bicyclic) bond motifs is 1. The summed E-state index contributed by atoms with van der Waals surface area (Å²) >= 11 is 1.62. The molecule has 8 nitrogen and oxygen atoms in total. The number of rotatable bonds is 11. The number of carbonyl (C=O) groups excluding carboxylic acids is 1. The second-order valence-corrected chi connectivity index (χ2v) is 9.90. The monoisotopic (exact) mass is 456 g/mol. The molecule has 3 rings (SSSR count). The Morgan fingerprint density at radius 1 is 1.16 bits per heavy atom. The van der Waals surface area contributed by atoms with Crippen LogP contribution in [0.3, 0.4) is 0 Å². The number of hydrogen-bond acceptors (Lipinski definition) is 7. The lowest BCUT2D eigenvalue weighted by Crippen LogP contribution is -2.31. The molecule has 1 aromatic carbocycles. The standard InChI is InChI=1S/C23H32N6O2S/c1-15(2)12-25-21-19-13-26-29(22(19)28-23(27-21)32-16(3)4)11-10-24-20(30)14-31-18-8-6-17(5)7-9-18/h6-9,13,15-16H,10-12,14H2,1-5H3,(H,24,30)(H,25,27,28). The number of aromatic nitrogens is 4. The Kier molecular flexibility index (Phi) is 8.33. The second kappa shape index (κ2) is 11.2. The molecule has 2 N–H and O–H groups in total. The van der Waals surface area contributed by atoms with Crippen LogP contribution in [0.5, 0.6) is 5.75 Å². The molecule has 0 aliphatic rings. The van der Waals surface area contributed by atoms with Crippen molar-refractivity contribution in [3.05, 3.63) is 36.0 Å². The number of nitrogens with one attached hydrogen (secondary N) is 2. The van der Waals surface area contributed by atoms with Crippen LogP contribution in [0, 0.1) is 12.8 Å². The third kappa shape index (κ3) is 6.85. The summed E-state index contributed by atoms with van der Waals surface area (Å²) in [4.78, 5) is 21.6. The summed E-state index contributed by atoms with van der Waals surface area (Å²) in [6.07, 6.45) is 1.78. The van der Waals surface area contributed by atoms with Gasteiger partial charge in [0.25, 0.3) is 5.91 Å². The van der Waals surface area contributed by atoms with Crippen molar-refractivity contribution in [1.82, 2.24) is 25.1 Å². The van der Waals surface area contributed by atoms with Gasteiger partial charge in [0.1, 0.15) is 11.6 Å². The SMILES string of the molecule is Cc1ccc(OCC(=O)NCCn2ncc3c(NCC(C)C)nc(SC(C)C)nc32)cc1. The molecule has 32 heavy (non-hydrogen) atoms. The van der Waals surface area contributed by atoms with Crippen molar-refractivity contribution >= 4 is 34.5 Å². The first-order chi connectivity index (χ1) is 15.3. The van der Waals surface area contributed by atoms with E-state index < -0.39 is 0 Å². The van der Waals surface area contributed by atoms with Gasteiger partial charge in [-0.25, -0.2) is 14.6 Å². The maximum Gasteiger partial charge on any atom is 0.258 e. The summed E-state index contributed by atoms with van der Waals surface area (Å²) in [7, 11) is 0. The molecule has 9 heteroatoms. The van der Waals surface area contributed by atoms with E-state index in [-0.39, 0.29) is 12.5 Å². The molecule has 0 unspecified atom stereocenters. The Morgan fingerprint density at radius 2 is 1.91 bits per heavy atom. The van der Waals surface area contributed by atoms with Crippen LogP contribution in [-0.2, 0) is 11.3 Å². The summed E-state index contributed by atoms with van der Waals surface area (Å²) in [6, 6.07) is 7.62. The first kappa shape index (κ1) is 23.8. The molecule has 2 heterocycles. The van der Waals surface area contributed by atoms with Crippen molar-refractivity contribution < 1.29 is 9.53 Å². The Hall–Kier alpha value is -2.81. The number of thioether (sulfide) groups is 1. The zero-order valence-corrected chi connectivity index (χ0v) is 20.2. The number of amides is 1. The predicted molar refractivity (Wildman–Crippen MR) is 129 cm³/mol. The zero-order valence-electron chi connectivity index (χ0n) is 19.4. The molecule has 2 aromatic heterocycles. The summed E-state index contributed by atoms with van der Waals surface area (Å²) in [5, 5.41) is 12.8. The molecule has 0 atom stereocenters. The molecule has 0 radical (unpaired) electrons. The highest BCUT2D eigenvalue weighted by Crippen LogP contribution is 2.26. The summed E-state index contributed by atoms with van der Waals surface area (Å²) in [5.74, 6) is 1.80. The van der Waals surface area contributed by atoms with Crippen molar-refractivity contribution in [2.45, 2.75) is 51.6 Å². The molecular weight excluding hydrogens is 424 g/mol. The molecule has 3 aromatic rings. The molecule has 0 fully saturated rings. The Labute approximate surface area is 193 Å². The largest absolute Gasteiger partial charge is 0.484 e. The van der Waals surface area contributed by atoms with Crippen LogP contribution < -0.4 is 15.4 Å². The fraction of sp³-hybridized carbons (Fsp3) is 0.478. The van der Waals surface area contributed by atoms with Gasteiger partial charge in [-0.2, -0.15) is 5.10 Å². The first-order valence-corrected chi connectivity index (χ1v) is 11.8. The lowest BCUT2D eigenvalue weighted by molar-refractivity contribution is -0.123. The minimum absolute atomic E-state index is 0.0243. The van der Waals surface area contributed by atoms with Gasteiger partial charge in [0.15, 0.2) is 17.4 Å². The minimum atomic E-state index is -0.174. The second-order valence-electron chi connectivity index (χ2n) is 8.35. The van der Waals surface area contributed by atoms with Gasteiger partial charge in [-0.3, -0.25) is 4.79 Å². The molecule has 172 valence electrons. The number of benzene rings is 1. The molecule has 1 amide bonds. The molecule has 0 aliphatic carbocycles. The molecule has 0 aliphatic heterocycles. The maximum absolute atomic E-state index is 12.1. The maximum atomic E-state index is 12.1. The number of carbonyl (C=O) groups is 1. The Bertz CT molecular complexity index is 1030. The van der Waals surface area contributed by atoms with Gasteiger partial charge in [-0.05, 0) is 25.0 Å². The smallest absolute Gasteiger partial charge is 0.258 e. The highest BCUT2D eigenvalue weighted by molar-refractivity contribution is 7.99. The van der Waals surface area contributed by atoms with Crippen LogP contribution in [0.4, 0.5) is 5.82 Å². The zero-order chi connectivity index (χ0) is 23.1. The lowest BCUT2D eigenvalue weighted by atomic mass is 10.2. The number of aryl methyl sites for hydroxylation is 1. The van der Waals surface area contributed by atoms with E-state index in [9.17, 15) is 4.79 Å². The average Bonchev–Trinajstić information content (AvgIpc) is 3.14. The van der Waals surface area contributed by atoms with Crippen LogP contribution in [-0.4, -0.2) is 50.6 Å². The van der Waals surface area contributed by atoms with Gasteiger partial charge >= 0.3 is 0 Å². The van der Waals surface area contributed by atoms with Crippen molar-refractivity contribution in [1.29, 1.82) is 0 Å². The van der Waals surface area contributed by atoms with Gasteiger partial charge in [-0.15, -0.1) is 0 Å². The van der Waals surface area contributed by atoms with Gasteiger partial charge in [-0.1, -0.05) is 57.2 Å². The topological polar surface area (TPSA) is 94.0 Å². The summed E-state index contributed by atoms with van der Waals surface area (Å²) in [6.45, 7) is 12.3. The van der Waals surface area contributed by atoms with Crippen LogP contribution in [0.1, 0.15) is 33.3 Å². The summed E-state index contributed by atoms with van der Waals surface area (Å²) < 4.78 is 7.34. The van der Waals surface area contributed by atoms with Crippen LogP contribution >= 0.6 is 11.8 Å². The third-order valence-electron chi connectivity index (χ3n) is 4.53. The lowest BCUT2D eigenvalue weighted by Gasteiger charge is -2.12. The van der Waals surface area contributed by atoms with E-state index in [4.69, 9.17) is 14.7 Å². The third-order valence-corrected chi connectivity index (χ3v) is 5.40. The van der Waals surface area contributed by atoms with E-state index in [0.29, 0.717) is 30.0 Å². The van der Waals surface area contributed by atoms with Crippen molar-refractivity contribution in [2.75, 3.05) is 25.0 Å².